The van der Waals surface area contributed by atoms with E-state index in [1.54, 1.807) is 6.07 Å². The number of ether oxygens (including phenoxy) is 1. The van der Waals surface area contributed by atoms with Gasteiger partial charge in [-0.3, -0.25) is 0 Å². The molecule has 1 atom stereocenters. The molecule has 19 heavy (non-hydrogen) atoms. The molecule has 2 rings (SSSR count). The molecule has 0 spiro atoms. The van der Waals surface area contributed by atoms with Crippen molar-refractivity contribution in [2.75, 3.05) is 13.7 Å². The van der Waals surface area contributed by atoms with Crippen molar-refractivity contribution >= 4 is 23.2 Å². The Bertz CT molecular complexity index is 545. The lowest BCUT2D eigenvalue weighted by Crippen LogP contribution is -2.23. The summed E-state index contributed by atoms with van der Waals surface area (Å²) >= 11 is 11.9. The standard InChI is InChI=1S/C15H15Cl2NO/c1-18-15(11-4-2-5-12(16)8-11)10-19-14-7-3-6-13(17)9-14/h2-9,15,18H,10H2,1H3. The number of benzene rings is 2. The molecular formula is C15H15Cl2NO. The van der Waals surface area contributed by atoms with Crippen molar-refractivity contribution in [2.45, 2.75) is 6.04 Å². The molecule has 1 N–H and O–H groups in total. The molecule has 100 valence electrons. The van der Waals surface area contributed by atoms with Gasteiger partial charge in [0.05, 0.1) is 6.04 Å². The summed E-state index contributed by atoms with van der Waals surface area (Å²) in [5, 5.41) is 4.60. The topological polar surface area (TPSA) is 21.3 Å². The summed E-state index contributed by atoms with van der Waals surface area (Å²) in [4.78, 5) is 0. The van der Waals surface area contributed by atoms with Gasteiger partial charge < -0.3 is 10.1 Å². The largest absolute Gasteiger partial charge is 0.492 e. The van der Waals surface area contributed by atoms with E-state index in [1.807, 2.05) is 49.5 Å². The zero-order chi connectivity index (χ0) is 13.7. The van der Waals surface area contributed by atoms with Gasteiger partial charge in [0, 0.05) is 10.0 Å². The van der Waals surface area contributed by atoms with Crippen molar-refractivity contribution in [2.24, 2.45) is 0 Å². The van der Waals surface area contributed by atoms with Crippen molar-refractivity contribution in [3.05, 3.63) is 64.1 Å². The monoisotopic (exact) mass is 295 g/mol. The van der Waals surface area contributed by atoms with E-state index in [4.69, 9.17) is 27.9 Å². The lowest BCUT2D eigenvalue weighted by atomic mass is 10.1. The lowest BCUT2D eigenvalue weighted by molar-refractivity contribution is 0.273. The van der Waals surface area contributed by atoms with Crippen LogP contribution >= 0.6 is 23.2 Å². The molecule has 0 saturated heterocycles. The molecule has 1 unspecified atom stereocenters. The van der Waals surface area contributed by atoms with E-state index in [9.17, 15) is 0 Å². The highest BCUT2D eigenvalue weighted by atomic mass is 35.5. The molecule has 0 aliphatic heterocycles. The highest BCUT2D eigenvalue weighted by molar-refractivity contribution is 6.30. The van der Waals surface area contributed by atoms with Gasteiger partial charge in [-0.2, -0.15) is 0 Å². The Labute approximate surface area is 123 Å². The number of hydrogen-bond acceptors (Lipinski definition) is 2. The van der Waals surface area contributed by atoms with Crippen LogP contribution in [0.25, 0.3) is 0 Å². The smallest absolute Gasteiger partial charge is 0.120 e. The number of hydrogen-bond donors (Lipinski definition) is 1. The Hall–Kier alpha value is -1.22. The van der Waals surface area contributed by atoms with Crippen molar-refractivity contribution in [1.29, 1.82) is 0 Å². The van der Waals surface area contributed by atoms with Gasteiger partial charge in [0.15, 0.2) is 0 Å². The SMILES string of the molecule is CNC(COc1cccc(Cl)c1)c1cccc(Cl)c1. The first-order chi connectivity index (χ1) is 9.19. The molecular weight excluding hydrogens is 281 g/mol. The van der Waals surface area contributed by atoms with E-state index in [-0.39, 0.29) is 6.04 Å². The average molecular weight is 296 g/mol. The van der Waals surface area contributed by atoms with E-state index in [2.05, 4.69) is 5.32 Å². The van der Waals surface area contributed by atoms with Crippen LogP contribution < -0.4 is 10.1 Å². The summed E-state index contributed by atoms with van der Waals surface area (Å²) in [5.41, 5.74) is 1.09. The molecule has 0 aromatic heterocycles. The van der Waals surface area contributed by atoms with E-state index in [1.165, 1.54) is 0 Å². The number of halogens is 2. The highest BCUT2D eigenvalue weighted by Crippen LogP contribution is 2.21. The van der Waals surface area contributed by atoms with Crippen LogP contribution in [0, 0.1) is 0 Å². The second-order valence-electron chi connectivity index (χ2n) is 4.16. The van der Waals surface area contributed by atoms with E-state index < -0.39 is 0 Å². The maximum Gasteiger partial charge on any atom is 0.120 e. The van der Waals surface area contributed by atoms with Crippen LogP contribution in [0.3, 0.4) is 0 Å². The van der Waals surface area contributed by atoms with Crippen molar-refractivity contribution in [3.8, 4) is 5.75 Å². The maximum absolute atomic E-state index is 6.00. The molecule has 0 radical (unpaired) electrons. The zero-order valence-electron chi connectivity index (χ0n) is 10.6. The van der Waals surface area contributed by atoms with E-state index >= 15 is 0 Å². The molecule has 0 bridgehead atoms. The zero-order valence-corrected chi connectivity index (χ0v) is 12.1. The third-order valence-electron chi connectivity index (χ3n) is 2.81. The summed E-state index contributed by atoms with van der Waals surface area (Å²) in [5.74, 6) is 0.759. The van der Waals surface area contributed by atoms with Gasteiger partial charge in [-0.25, -0.2) is 0 Å². The summed E-state index contributed by atoms with van der Waals surface area (Å²) in [6.07, 6.45) is 0. The Morgan fingerprint density at radius 2 is 1.74 bits per heavy atom. The van der Waals surface area contributed by atoms with Crippen LogP contribution in [0.1, 0.15) is 11.6 Å². The molecule has 0 aliphatic rings. The quantitative estimate of drug-likeness (QED) is 0.886. The molecule has 0 saturated carbocycles. The summed E-state index contributed by atoms with van der Waals surface area (Å²) in [6.45, 7) is 0.511. The van der Waals surface area contributed by atoms with Crippen LogP contribution in [-0.4, -0.2) is 13.7 Å². The van der Waals surface area contributed by atoms with Gasteiger partial charge in [-0.15, -0.1) is 0 Å². The maximum atomic E-state index is 6.00. The second kappa shape index (κ2) is 6.80. The van der Waals surface area contributed by atoms with Crippen LogP contribution in [-0.2, 0) is 0 Å². The molecule has 0 aliphatic carbocycles. The van der Waals surface area contributed by atoms with Crippen molar-refractivity contribution in [3.63, 3.8) is 0 Å². The molecule has 2 aromatic rings. The second-order valence-corrected chi connectivity index (χ2v) is 5.04. The van der Waals surface area contributed by atoms with Crippen LogP contribution in [0.5, 0.6) is 5.75 Å². The minimum atomic E-state index is 0.0812. The Balaban J connectivity index is 2.04. The Morgan fingerprint density at radius 3 is 2.37 bits per heavy atom. The van der Waals surface area contributed by atoms with E-state index in [0.29, 0.717) is 11.6 Å². The third kappa shape index (κ3) is 4.13. The summed E-state index contributed by atoms with van der Waals surface area (Å²) in [7, 11) is 1.90. The fourth-order valence-corrected chi connectivity index (χ4v) is 2.18. The summed E-state index contributed by atoms with van der Waals surface area (Å²) < 4.78 is 5.74. The first-order valence-corrected chi connectivity index (χ1v) is 6.76. The van der Waals surface area contributed by atoms with Crippen LogP contribution in [0.2, 0.25) is 10.0 Å². The molecule has 0 fully saturated rings. The molecule has 4 heteroatoms. The Kier molecular flexibility index (Phi) is 5.08. The molecule has 2 nitrogen and oxygen atoms in total. The third-order valence-corrected chi connectivity index (χ3v) is 3.28. The predicted octanol–water partition coefficient (Wildman–Crippen LogP) is 4.33. The Morgan fingerprint density at radius 1 is 1.05 bits per heavy atom. The molecule has 2 aromatic carbocycles. The van der Waals surface area contributed by atoms with Crippen LogP contribution in [0.4, 0.5) is 0 Å². The van der Waals surface area contributed by atoms with Gasteiger partial charge in [0.2, 0.25) is 0 Å². The molecule has 0 amide bonds. The lowest BCUT2D eigenvalue weighted by Gasteiger charge is -2.17. The number of likely N-dealkylation sites (N-methyl/N-ethyl adjacent to an activating group) is 1. The first kappa shape index (κ1) is 14.2. The first-order valence-electron chi connectivity index (χ1n) is 6.00. The fraction of sp³-hybridized carbons (Fsp3) is 0.200. The van der Waals surface area contributed by atoms with Gasteiger partial charge in [0.25, 0.3) is 0 Å². The normalized spacial score (nSPS) is 12.2. The average Bonchev–Trinajstić information content (AvgIpc) is 2.40. The minimum absolute atomic E-state index is 0.0812. The number of nitrogens with one attached hydrogen (secondary N) is 1. The highest BCUT2D eigenvalue weighted by Gasteiger charge is 2.10. The van der Waals surface area contributed by atoms with Crippen LogP contribution in [0.15, 0.2) is 48.5 Å². The number of rotatable bonds is 5. The van der Waals surface area contributed by atoms with Gasteiger partial charge in [0.1, 0.15) is 12.4 Å². The minimum Gasteiger partial charge on any atom is -0.492 e. The van der Waals surface area contributed by atoms with Crippen molar-refractivity contribution in [1.82, 2.24) is 5.32 Å². The molecule has 0 heterocycles. The van der Waals surface area contributed by atoms with E-state index in [0.717, 1.165) is 16.3 Å². The van der Waals surface area contributed by atoms with Gasteiger partial charge in [-0.05, 0) is 42.9 Å². The van der Waals surface area contributed by atoms with Crippen molar-refractivity contribution < 1.29 is 4.74 Å². The summed E-state index contributed by atoms with van der Waals surface area (Å²) in [6, 6.07) is 15.2. The van der Waals surface area contributed by atoms with Gasteiger partial charge >= 0.3 is 0 Å². The van der Waals surface area contributed by atoms with Gasteiger partial charge in [-0.1, -0.05) is 41.4 Å². The fourth-order valence-electron chi connectivity index (χ4n) is 1.81. The predicted molar refractivity (Wildman–Crippen MR) is 80.2 cm³/mol.